The van der Waals surface area contributed by atoms with E-state index in [0.29, 0.717) is 25.7 Å². The quantitative estimate of drug-likeness (QED) is 0.881. The van der Waals surface area contributed by atoms with E-state index in [0.717, 1.165) is 15.8 Å². The van der Waals surface area contributed by atoms with Gasteiger partial charge in [0.15, 0.2) is 0 Å². The van der Waals surface area contributed by atoms with Gasteiger partial charge in [0, 0.05) is 4.47 Å². The first-order chi connectivity index (χ1) is 9.39. The molecule has 1 aliphatic carbocycles. The average Bonchev–Trinajstić information content (AvgIpc) is 2.40. The molecule has 110 valence electrons. The predicted octanol–water partition coefficient (Wildman–Crippen LogP) is 3.14. The Morgan fingerprint density at radius 2 is 2.10 bits per heavy atom. The molecule has 2 N–H and O–H groups in total. The summed E-state index contributed by atoms with van der Waals surface area (Å²) in [6, 6.07) is 5.77. The maximum Gasteiger partial charge on any atom is 0.306 e. The number of carboxylic acids is 1. The third-order valence-electron chi connectivity index (χ3n) is 3.91. The Morgan fingerprint density at radius 1 is 1.45 bits per heavy atom. The number of carboxylic acid groups (broad SMARTS) is 1. The SMILES string of the molecule is Cc1ccc(Br)cc1OCC1(O)CCC(C(=O)O)CC1. The van der Waals surface area contributed by atoms with Crippen LogP contribution < -0.4 is 4.74 Å². The van der Waals surface area contributed by atoms with Crippen LogP contribution in [0.1, 0.15) is 31.2 Å². The largest absolute Gasteiger partial charge is 0.490 e. The van der Waals surface area contributed by atoms with E-state index in [4.69, 9.17) is 9.84 Å². The van der Waals surface area contributed by atoms with Gasteiger partial charge in [-0.15, -0.1) is 0 Å². The minimum absolute atomic E-state index is 0.205. The van der Waals surface area contributed by atoms with Gasteiger partial charge in [-0.3, -0.25) is 4.79 Å². The molecule has 0 bridgehead atoms. The summed E-state index contributed by atoms with van der Waals surface area (Å²) in [5.74, 6) is -0.355. The molecule has 0 atom stereocenters. The second-order valence-electron chi connectivity index (χ2n) is 5.54. The Balaban J connectivity index is 1.94. The summed E-state index contributed by atoms with van der Waals surface area (Å²) < 4.78 is 6.66. The molecule has 5 heteroatoms. The highest BCUT2D eigenvalue weighted by Crippen LogP contribution is 2.33. The van der Waals surface area contributed by atoms with E-state index in [1.54, 1.807) is 0 Å². The van der Waals surface area contributed by atoms with Crippen LogP contribution in [0.3, 0.4) is 0 Å². The highest BCUT2D eigenvalue weighted by molar-refractivity contribution is 9.10. The van der Waals surface area contributed by atoms with Crippen LogP contribution >= 0.6 is 15.9 Å². The zero-order valence-electron chi connectivity index (χ0n) is 11.4. The van der Waals surface area contributed by atoms with Gasteiger partial charge in [0.05, 0.1) is 11.5 Å². The highest BCUT2D eigenvalue weighted by Gasteiger charge is 2.36. The summed E-state index contributed by atoms with van der Waals surface area (Å²) in [4.78, 5) is 10.9. The maximum atomic E-state index is 10.9. The van der Waals surface area contributed by atoms with E-state index in [1.807, 2.05) is 25.1 Å². The number of aryl methyl sites for hydroxylation is 1. The van der Waals surface area contributed by atoms with Crippen LogP contribution in [-0.2, 0) is 4.79 Å². The van der Waals surface area contributed by atoms with Crippen LogP contribution in [0.4, 0.5) is 0 Å². The molecule has 0 amide bonds. The molecule has 1 aromatic rings. The number of halogens is 1. The summed E-state index contributed by atoms with van der Waals surface area (Å²) in [6.45, 7) is 2.16. The monoisotopic (exact) mass is 342 g/mol. The Kier molecular flexibility index (Phi) is 4.70. The number of hydrogen-bond acceptors (Lipinski definition) is 3. The number of hydrogen-bond donors (Lipinski definition) is 2. The molecule has 1 fully saturated rings. The first-order valence-corrected chi connectivity index (χ1v) is 7.53. The summed E-state index contributed by atoms with van der Waals surface area (Å²) in [7, 11) is 0. The van der Waals surface area contributed by atoms with Crippen LogP contribution in [0, 0.1) is 12.8 Å². The first-order valence-electron chi connectivity index (χ1n) is 6.74. The number of aliphatic hydroxyl groups is 1. The van der Waals surface area contributed by atoms with Crippen LogP contribution in [0.15, 0.2) is 22.7 Å². The van der Waals surface area contributed by atoms with Gasteiger partial charge in [-0.2, -0.15) is 0 Å². The van der Waals surface area contributed by atoms with Gasteiger partial charge in [0.1, 0.15) is 12.4 Å². The smallest absolute Gasteiger partial charge is 0.306 e. The second kappa shape index (κ2) is 6.14. The van der Waals surface area contributed by atoms with Crippen molar-refractivity contribution in [1.29, 1.82) is 0 Å². The van der Waals surface area contributed by atoms with E-state index in [-0.39, 0.29) is 12.5 Å². The van der Waals surface area contributed by atoms with Crippen LogP contribution in [0.2, 0.25) is 0 Å². The fourth-order valence-electron chi connectivity index (χ4n) is 2.49. The minimum Gasteiger partial charge on any atom is -0.490 e. The zero-order valence-corrected chi connectivity index (χ0v) is 13.0. The van der Waals surface area contributed by atoms with Crippen molar-refractivity contribution >= 4 is 21.9 Å². The molecule has 0 saturated heterocycles. The average molecular weight is 343 g/mol. The number of aliphatic carboxylic acids is 1. The lowest BCUT2D eigenvalue weighted by molar-refractivity contribution is -0.145. The van der Waals surface area contributed by atoms with Gasteiger partial charge in [0.2, 0.25) is 0 Å². The van der Waals surface area contributed by atoms with Gasteiger partial charge < -0.3 is 14.9 Å². The van der Waals surface area contributed by atoms with Crippen molar-refractivity contribution in [3.8, 4) is 5.75 Å². The molecule has 1 aliphatic rings. The lowest BCUT2D eigenvalue weighted by Gasteiger charge is -2.34. The molecule has 2 rings (SSSR count). The van der Waals surface area contributed by atoms with Crippen LogP contribution in [0.25, 0.3) is 0 Å². The number of ether oxygens (including phenoxy) is 1. The van der Waals surface area contributed by atoms with E-state index in [2.05, 4.69) is 15.9 Å². The van der Waals surface area contributed by atoms with Crippen molar-refractivity contribution in [1.82, 2.24) is 0 Å². The van der Waals surface area contributed by atoms with E-state index < -0.39 is 11.6 Å². The zero-order chi connectivity index (χ0) is 14.8. The molecule has 1 aromatic carbocycles. The molecular weight excluding hydrogens is 324 g/mol. The van der Waals surface area contributed by atoms with Crippen molar-refractivity contribution < 1.29 is 19.7 Å². The number of rotatable bonds is 4. The van der Waals surface area contributed by atoms with E-state index in [9.17, 15) is 9.90 Å². The molecule has 0 unspecified atom stereocenters. The fourth-order valence-corrected chi connectivity index (χ4v) is 2.83. The molecule has 0 radical (unpaired) electrons. The molecule has 20 heavy (non-hydrogen) atoms. The van der Waals surface area contributed by atoms with Crippen molar-refractivity contribution in [2.45, 2.75) is 38.2 Å². The van der Waals surface area contributed by atoms with Crippen molar-refractivity contribution in [3.63, 3.8) is 0 Å². The van der Waals surface area contributed by atoms with Gasteiger partial charge in [0.25, 0.3) is 0 Å². The summed E-state index contributed by atoms with van der Waals surface area (Å²) in [5, 5.41) is 19.4. The predicted molar refractivity (Wildman–Crippen MR) is 78.9 cm³/mol. The van der Waals surface area contributed by atoms with Crippen molar-refractivity contribution in [3.05, 3.63) is 28.2 Å². The van der Waals surface area contributed by atoms with Crippen LogP contribution in [-0.4, -0.2) is 28.4 Å². The van der Waals surface area contributed by atoms with E-state index in [1.165, 1.54) is 0 Å². The molecule has 4 nitrogen and oxygen atoms in total. The Hall–Kier alpha value is -1.07. The third kappa shape index (κ3) is 3.73. The van der Waals surface area contributed by atoms with Gasteiger partial charge in [-0.05, 0) is 50.3 Å². The Labute approximate surface area is 126 Å². The van der Waals surface area contributed by atoms with E-state index >= 15 is 0 Å². The summed E-state index contributed by atoms with van der Waals surface area (Å²) in [6.07, 6.45) is 1.95. The van der Waals surface area contributed by atoms with Gasteiger partial charge >= 0.3 is 5.97 Å². The highest BCUT2D eigenvalue weighted by atomic mass is 79.9. The second-order valence-corrected chi connectivity index (χ2v) is 6.45. The van der Waals surface area contributed by atoms with Crippen LogP contribution in [0.5, 0.6) is 5.75 Å². The Morgan fingerprint density at radius 3 is 2.70 bits per heavy atom. The lowest BCUT2D eigenvalue weighted by atomic mass is 9.79. The van der Waals surface area contributed by atoms with Crippen molar-refractivity contribution in [2.24, 2.45) is 5.92 Å². The molecule has 0 aliphatic heterocycles. The number of benzene rings is 1. The first kappa shape index (κ1) is 15.3. The number of carbonyl (C=O) groups is 1. The molecule has 0 heterocycles. The summed E-state index contributed by atoms with van der Waals surface area (Å²) >= 11 is 3.39. The lowest BCUT2D eigenvalue weighted by Crippen LogP contribution is -2.41. The molecule has 1 saturated carbocycles. The van der Waals surface area contributed by atoms with Crippen molar-refractivity contribution in [2.75, 3.05) is 6.61 Å². The third-order valence-corrected chi connectivity index (χ3v) is 4.41. The minimum atomic E-state index is -0.916. The Bertz CT molecular complexity index is 493. The molecule has 0 spiro atoms. The standard InChI is InChI=1S/C15H19BrO4/c1-10-2-3-12(16)8-13(10)20-9-15(19)6-4-11(5-7-15)14(17)18/h2-3,8,11,19H,4-7,9H2,1H3,(H,17,18). The van der Waals surface area contributed by atoms with Gasteiger partial charge in [-0.25, -0.2) is 0 Å². The maximum absolute atomic E-state index is 10.9. The fraction of sp³-hybridized carbons (Fsp3) is 0.533. The normalized spacial score (nSPS) is 26.2. The summed E-state index contributed by atoms with van der Waals surface area (Å²) in [5.41, 5.74) is 0.0942. The van der Waals surface area contributed by atoms with Gasteiger partial charge in [-0.1, -0.05) is 22.0 Å². The molecule has 0 aromatic heterocycles. The molecular formula is C15H19BrO4. The topological polar surface area (TPSA) is 66.8 Å².